The lowest BCUT2D eigenvalue weighted by Crippen LogP contribution is -2.01. The molecule has 0 atom stereocenters. The van der Waals surface area contributed by atoms with Crippen LogP contribution in [0.1, 0.15) is 75.1 Å². The quantitative estimate of drug-likeness (QED) is 0.416. The van der Waals surface area contributed by atoms with Gasteiger partial charge in [-0.25, -0.2) is 0 Å². The van der Waals surface area contributed by atoms with Gasteiger partial charge in [-0.15, -0.1) is 0 Å². The molecule has 1 rings (SSSR count). The number of benzene rings is 1. The van der Waals surface area contributed by atoms with Gasteiger partial charge in [-0.1, -0.05) is 32.6 Å². The third kappa shape index (κ3) is 9.01. The van der Waals surface area contributed by atoms with Gasteiger partial charge >= 0.3 is 5.97 Å². The highest BCUT2D eigenvalue weighted by Gasteiger charge is 2.06. The Hall–Kier alpha value is -1.84. The molecule has 4 heteroatoms. The molecule has 0 amide bonds. The van der Waals surface area contributed by atoms with Crippen molar-refractivity contribution in [1.82, 2.24) is 0 Å². The van der Waals surface area contributed by atoms with Crippen LogP contribution in [0.5, 0.6) is 5.75 Å². The minimum absolute atomic E-state index is 0.0569. The Morgan fingerprint density at radius 3 is 2.22 bits per heavy atom. The molecule has 4 nitrogen and oxygen atoms in total. The van der Waals surface area contributed by atoms with Crippen LogP contribution in [-0.2, 0) is 4.79 Å². The number of ether oxygens (including phenoxy) is 1. The fourth-order valence-electron chi connectivity index (χ4n) is 2.34. The molecule has 0 fully saturated rings. The van der Waals surface area contributed by atoms with Crippen LogP contribution in [-0.4, -0.2) is 23.5 Å². The first-order valence-electron chi connectivity index (χ1n) is 8.61. The van der Waals surface area contributed by atoms with Crippen molar-refractivity contribution in [3.05, 3.63) is 29.8 Å². The second-order valence-corrected chi connectivity index (χ2v) is 5.81. The molecule has 0 aliphatic heterocycles. The van der Waals surface area contributed by atoms with Gasteiger partial charge in [0.05, 0.1) is 6.61 Å². The van der Waals surface area contributed by atoms with Crippen molar-refractivity contribution in [3.63, 3.8) is 0 Å². The maximum absolute atomic E-state index is 12.0. The standard InChI is InChI=1S/C19H28O4/c1-2-3-4-5-8-15-23-17-13-11-16(12-14-17)18(20)9-6-7-10-19(21)22/h11-14H,2-10,15H2,1H3,(H,21,22). The van der Waals surface area contributed by atoms with E-state index in [1.54, 1.807) is 12.1 Å². The van der Waals surface area contributed by atoms with Crippen LogP contribution in [0.2, 0.25) is 0 Å². The summed E-state index contributed by atoms with van der Waals surface area (Å²) in [4.78, 5) is 22.4. The Morgan fingerprint density at radius 2 is 1.57 bits per heavy atom. The largest absolute Gasteiger partial charge is 0.494 e. The monoisotopic (exact) mass is 320 g/mol. The van der Waals surface area contributed by atoms with Crippen LogP contribution in [0.15, 0.2) is 24.3 Å². The highest BCUT2D eigenvalue weighted by molar-refractivity contribution is 5.96. The van der Waals surface area contributed by atoms with E-state index in [9.17, 15) is 9.59 Å². The van der Waals surface area contributed by atoms with Crippen molar-refractivity contribution in [2.24, 2.45) is 0 Å². The molecular formula is C19H28O4. The summed E-state index contributed by atoms with van der Waals surface area (Å²) in [6.07, 6.45) is 7.71. The first-order chi connectivity index (χ1) is 11.1. The van der Waals surface area contributed by atoms with E-state index in [0.717, 1.165) is 12.2 Å². The Balaban J connectivity index is 2.24. The van der Waals surface area contributed by atoms with E-state index in [0.29, 0.717) is 31.4 Å². The lowest BCUT2D eigenvalue weighted by molar-refractivity contribution is -0.137. The van der Waals surface area contributed by atoms with E-state index >= 15 is 0 Å². The van der Waals surface area contributed by atoms with Crippen molar-refractivity contribution in [1.29, 1.82) is 0 Å². The minimum atomic E-state index is -0.811. The summed E-state index contributed by atoms with van der Waals surface area (Å²) in [5.74, 6) is 0.0399. The first kappa shape index (κ1) is 19.2. The van der Waals surface area contributed by atoms with Gasteiger partial charge in [-0.3, -0.25) is 9.59 Å². The van der Waals surface area contributed by atoms with Crippen molar-refractivity contribution in [2.75, 3.05) is 6.61 Å². The van der Waals surface area contributed by atoms with Crippen LogP contribution in [0.3, 0.4) is 0 Å². The Kier molecular flexibility index (Phi) is 9.76. The zero-order chi connectivity index (χ0) is 16.9. The molecule has 1 aromatic carbocycles. The number of carboxylic acid groups (broad SMARTS) is 1. The van der Waals surface area contributed by atoms with Gasteiger partial charge in [-0.2, -0.15) is 0 Å². The zero-order valence-electron chi connectivity index (χ0n) is 14.1. The SMILES string of the molecule is CCCCCCCOc1ccc(C(=O)CCCCC(=O)O)cc1. The van der Waals surface area contributed by atoms with E-state index in [1.165, 1.54) is 25.7 Å². The normalized spacial score (nSPS) is 10.5. The maximum Gasteiger partial charge on any atom is 0.303 e. The second kappa shape index (κ2) is 11.7. The highest BCUT2D eigenvalue weighted by Crippen LogP contribution is 2.15. The summed E-state index contributed by atoms with van der Waals surface area (Å²) in [6, 6.07) is 7.23. The number of ketones is 1. The molecule has 0 saturated heterocycles. The van der Waals surface area contributed by atoms with Gasteiger partial charge in [0, 0.05) is 18.4 Å². The maximum atomic E-state index is 12.0. The van der Waals surface area contributed by atoms with Crippen molar-refractivity contribution >= 4 is 11.8 Å². The Bertz CT molecular complexity index is 465. The molecule has 0 heterocycles. The summed E-state index contributed by atoms with van der Waals surface area (Å²) in [6.45, 7) is 2.91. The van der Waals surface area contributed by atoms with Crippen LogP contribution in [0.25, 0.3) is 0 Å². The molecule has 0 aliphatic carbocycles. The number of hydrogen-bond donors (Lipinski definition) is 1. The molecule has 0 bridgehead atoms. The molecule has 1 aromatic rings. The number of rotatable bonds is 13. The second-order valence-electron chi connectivity index (χ2n) is 5.81. The number of aliphatic carboxylic acids is 1. The Morgan fingerprint density at radius 1 is 0.913 bits per heavy atom. The number of hydrogen-bond acceptors (Lipinski definition) is 3. The van der Waals surface area contributed by atoms with Gasteiger partial charge in [0.15, 0.2) is 5.78 Å². The fourth-order valence-corrected chi connectivity index (χ4v) is 2.34. The molecule has 0 aromatic heterocycles. The summed E-state index contributed by atoms with van der Waals surface area (Å²) >= 11 is 0. The third-order valence-corrected chi connectivity index (χ3v) is 3.74. The summed E-state index contributed by atoms with van der Waals surface area (Å²) in [5.41, 5.74) is 0.663. The van der Waals surface area contributed by atoms with Crippen LogP contribution < -0.4 is 4.74 Å². The van der Waals surface area contributed by atoms with Gasteiger partial charge < -0.3 is 9.84 Å². The molecule has 0 aliphatic rings. The molecular weight excluding hydrogens is 292 g/mol. The third-order valence-electron chi connectivity index (χ3n) is 3.74. The summed E-state index contributed by atoms with van der Waals surface area (Å²) < 4.78 is 5.67. The molecule has 128 valence electrons. The molecule has 0 saturated carbocycles. The summed E-state index contributed by atoms with van der Waals surface area (Å²) in [7, 11) is 0. The lowest BCUT2D eigenvalue weighted by atomic mass is 10.0. The average Bonchev–Trinajstić information content (AvgIpc) is 2.55. The van der Waals surface area contributed by atoms with E-state index < -0.39 is 5.97 Å². The molecule has 0 spiro atoms. The van der Waals surface area contributed by atoms with E-state index in [2.05, 4.69) is 6.92 Å². The van der Waals surface area contributed by atoms with E-state index in [-0.39, 0.29) is 12.2 Å². The Labute approximate surface area is 138 Å². The highest BCUT2D eigenvalue weighted by atomic mass is 16.5. The molecule has 23 heavy (non-hydrogen) atoms. The first-order valence-corrected chi connectivity index (χ1v) is 8.61. The number of carbonyl (C=O) groups excluding carboxylic acids is 1. The van der Waals surface area contributed by atoms with Gasteiger partial charge in [0.1, 0.15) is 5.75 Å². The van der Waals surface area contributed by atoms with Gasteiger partial charge in [0.2, 0.25) is 0 Å². The number of carboxylic acids is 1. The van der Waals surface area contributed by atoms with Crippen molar-refractivity contribution in [3.8, 4) is 5.75 Å². The molecule has 1 N–H and O–H groups in total. The summed E-state index contributed by atoms with van der Waals surface area (Å²) in [5, 5.41) is 8.56. The fraction of sp³-hybridized carbons (Fsp3) is 0.579. The van der Waals surface area contributed by atoms with Crippen molar-refractivity contribution in [2.45, 2.75) is 64.7 Å². The predicted molar refractivity (Wildman–Crippen MR) is 91.1 cm³/mol. The predicted octanol–water partition coefficient (Wildman–Crippen LogP) is 4.86. The average molecular weight is 320 g/mol. The lowest BCUT2D eigenvalue weighted by Gasteiger charge is -2.07. The van der Waals surface area contributed by atoms with E-state index in [1.807, 2.05) is 12.1 Å². The molecule has 0 radical (unpaired) electrons. The minimum Gasteiger partial charge on any atom is -0.494 e. The zero-order valence-corrected chi connectivity index (χ0v) is 14.1. The number of unbranched alkanes of at least 4 members (excludes halogenated alkanes) is 5. The number of carbonyl (C=O) groups is 2. The topological polar surface area (TPSA) is 63.6 Å². The van der Waals surface area contributed by atoms with Crippen LogP contribution in [0.4, 0.5) is 0 Å². The number of Topliss-reactive ketones (excluding diaryl/α,β-unsaturated/α-hetero) is 1. The van der Waals surface area contributed by atoms with E-state index in [4.69, 9.17) is 9.84 Å². The van der Waals surface area contributed by atoms with Crippen LogP contribution in [0, 0.1) is 0 Å². The van der Waals surface area contributed by atoms with Gasteiger partial charge in [-0.05, 0) is 43.5 Å². The molecule has 0 unspecified atom stereocenters. The van der Waals surface area contributed by atoms with Crippen molar-refractivity contribution < 1.29 is 19.4 Å². The van der Waals surface area contributed by atoms with Gasteiger partial charge in [0.25, 0.3) is 0 Å². The smallest absolute Gasteiger partial charge is 0.303 e. The van der Waals surface area contributed by atoms with Crippen LogP contribution >= 0.6 is 0 Å².